The molecule has 0 atom stereocenters. The van der Waals surface area contributed by atoms with E-state index in [0.29, 0.717) is 5.92 Å². The molecule has 1 aliphatic heterocycles. The highest BCUT2D eigenvalue weighted by molar-refractivity contribution is 5.94. The van der Waals surface area contributed by atoms with Crippen LogP contribution < -0.4 is 5.32 Å². The number of hydrogen-bond donors (Lipinski definition) is 1. The molecule has 3 rings (SSSR count). The van der Waals surface area contributed by atoms with Gasteiger partial charge < -0.3 is 15.1 Å². The summed E-state index contributed by atoms with van der Waals surface area (Å²) in [7, 11) is 5.41. The molecule has 0 aromatic heterocycles. The second kappa shape index (κ2) is 11.8. The van der Waals surface area contributed by atoms with Gasteiger partial charge >= 0.3 is 0 Å². The Balaban J connectivity index is 1.45. The van der Waals surface area contributed by atoms with Crippen LogP contribution in [0.25, 0.3) is 0 Å². The lowest BCUT2D eigenvalue weighted by atomic mass is 10.0. The zero-order valence-electron chi connectivity index (χ0n) is 20.8. The van der Waals surface area contributed by atoms with Gasteiger partial charge in [-0.05, 0) is 41.2 Å². The molecule has 1 aliphatic rings. The molecule has 178 valence electrons. The first-order chi connectivity index (χ1) is 15.9. The van der Waals surface area contributed by atoms with Crippen LogP contribution in [0.2, 0.25) is 0 Å². The minimum absolute atomic E-state index is 0.0364. The summed E-state index contributed by atoms with van der Waals surface area (Å²) in [5, 5.41) is 3.50. The molecule has 0 saturated carbocycles. The van der Waals surface area contributed by atoms with Gasteiger partial charge in [0, 0.05) is 66.0 Å². The predicted molar refractivity (Wildman–Crippen MR) is 137 cm³/mol. The van der Waals surface area contributed by atoms with Gasteiger partial charge in [0.25, 0.3) is 5.91 Å². The van der Waals surface area contributed by atoms with E-state index in [1.165, 1.54) is 11.1 Å². The summed E-state index contributed by atoms with van der Waals surface area (Å²) >= 11 is 0. The molecule has 1 fully saturated rings. The predicted octanol–water partition coefficient (Wildman–Crippen LogP) is 3.45. The van der Waals surface area contributed by atoms with Gasteiger partial charge in [-0.1, -0.05) is 50.2 Å². The molecule has 33 heavy (non-hydrogen) atoms. The average Bonchev–Trinajstić information content (AvgIpc) is 2.82. The number of nitrogens with zero attached hydrogens (tertiary/aromatic N) is 4. The average molecular weight is 450 g/mol. The highest BCUT2D eigenvalue weighted by atomic mass is 16.2. The molecule has 1 saturated heterocycles. The number of aliphatic imine (C=N–C) groups is 1. The molecule has 1 amide bonds. The monoisotopic (exact) mass is 449 g/mol. The standard InChI is InChI=1S/C27H39N5O/c1-21(2)24-11-9-23(10-12-24)20-31-15-17-32(18-16-31)27(28-3)29-14-13-22-7-6-8-25(19-22)26(33)30(4)5/h6-12,19,21H,13-18,20H2,1-5H3,(H,28,29). The van der Waals surface area contributed by atoms with Crippen molar-refractivity contribution in [2.75, 3.05) is 53.9 Å². The van der Waals surface area contributed by atoms with E-state index >= 15 is 0 Å². The van der Waals surface area contributed by atoms with Crippen molar-refractivity contribution in [2.45, 2.75) is 32.7 Å². The summed E-state index contributed by atoms with van der Waals surface area (Å²) in [4.78, 5) is 23.2. The number of amides is 1. The van der Waals surface area contributed by atoms with Gasteiger partial charge in [-0.25, -0.2) is 0 Å². The van der Waals surface area contributed by atoms with Crippen LogP contribution in [0.1, 0.15) is 46.8 Å². The molecular formula is C27H39N5O. The van der Waals surface area contributed by atoms with Crippen molar-refractivity contribution in [3.8, 4) is 0 Å². The van der Waals surface area contributed by atoms with Gasteiger partial charge in [0.15, 0.2) is 5.96 Å². The second-order valence-electron chi connectivity index (χ2n) is 9.28. The van der Waals surface area contributed by atoms with Crippen molar-refractivity contribution < 1.29 is 4.79 Å². The Hall–Kier alpha value is -2.86. The third kappa shape index (κ3) is 7.06. The summed E-state index contributed by atoms with van der Waals surface area (Å²) in [6.45, 7) is 10.3. The molecule has 6 heteroatoms. The number of piperazine rings is 1. The number of benzene rings is 2. The van der Waals surface area contributed by atoms with E-state index in [1.54, 1.807) is 19.0 Å². The first-order valence-electron chi connectivity index (χ1n) is 11.9. The van der Waals surface area contributed by atoms with Crippen molar-refractivity contribution in [2.24, 2.45) is 4.99 Å². The molecule has 2 aromatic carbocycles. The number of guanidine groups is 1. The van der Waals surface area contributed by atoms with Crippen LogP contribution >= 0.6 is 0 Å². The van der Waals surface area contributed by atoms with E-state index < -0.39 is 0 Å². The minimum Gasteiger partial charge on any atom is -0.356 e. The first-order valence-corrected chi connectivity index (χ1v) is 11.9. The molecular weight excluding hydrogens is 410 g/mol. The van der Waals surface area contributed by atoms with Crippen molar-refractivity contribution in [1.82, 2.24) is 20.0 Å². The number of rotatable bonds is 7. The van der Waals surface area contributed by atoms with Gasteiger partial charge in [-0.3, -0.25) is 14.7 Å². The Labute approximate surface area is 199 Å². The fourth-order valence-corrected chi connectivity index (χ4v) is 4.15. The highest BCUT2D eigenvalue weighted by Crippen LogP contribution is 2.16. The Kier molecular flexibility index (Phi) is 8.89. The highest BCUT2D eigenvalue weighted by Gasteiger charge is 2.19. The van der Waals surface area contributed by atoms with Crippen molar-refractivity contribution in [3.63, 3.8) is 0 Å². The number of carbonyl (C=O) groups is 1. The fraction of sp³-hybridized carbons (Fsp3) is 0.481. The van der Waals surface area contributed by atoms with E-state index in [4.69, 9.17) is 0 Å². The topological polar surface area (TPSA) is 51.2 Å². The molecule has 0 spiro atoms. The molecule has 1 heterocycles. The molecule has 0 bridgehead atoms. The van der Waals surface area contributed by atoms with Crippen LogP contribution in [0.3, 0.4) is 0 Å². The minimum atomic E-state index is 0.0364. The SMILES string of the molecule is CN=C(NCCc1cccc(C(=O)N(C)C)c1)N1CCN(Cc2ccc(C(C)C)cc2)CC1. The van der Waals surface area contributed by atoms with Crippen molar-refractivity contribution >= 4 is 11.9 Å². The van der Waals surface area contributed by atoms with Gasteiger partial charge in [0.05, 0.1) is 0 Å². The van der Waals surface area contributed by atoms with Crippen LogP contribution in [0.5, 0.6) is 0 Å². The lowest BCUT2D eigenvalue weighted by Gasteiger charge is -2.36. The van der Waals surface area contributed by atoms with Crippen molar-refractivity contribution in [3.05, 3.63) is 70.8 Å². The maximum absolute atomic E-state index is 12.2. The van der Waals surface area contributed by atoms with Gasteiger partial charge in [0.2, 0.25) is 0 Å². The lowest BCUT2D eigenvalue weighted by Crippen LogP contribution is -2.52. The van der Waals surface area contributed by atoms with E-state index in [2.05, 4.69) is 64.3 Å². The summed E-state index contributed by atoms with van der Waals surface area (Å²) in [6.07, 6.45) is 0.847. The van der Waals surface area contributed by atoms with E-state index in [-0.39, 0.29) is 5.91 Å². The quantitative estimate of drug-likeness (QED) is 0.520. The lowest BCUT2D eigenvalue weighted by molar-refractivity contribution is 0.0827. The normalized spacial score (nSPS) is 15.1. The molecule has 0 unspecified atom stereocenters. The van der Waals surface area contributed by atoms with E-state index in [9.17, 15) is 4.79 Å². The summed E-state index contributed by atoms with van der Waals surface area (Å²) in [6, 6.07) is 16.9. The third-order valence-corrected chi connectivity index (χ3v) is 6.21. The Morgan fingerprint density at radius 3 is 2.33 bits per heavy atom. The number of carbonyl (C=O) groups excluding carboxylic acids is 1. The van der Waals surface area contributed by atoms with Crippen LogP contribution in [0.15, 0.2) is 53.5 Å². The smallest absolute Gasteiger partial charge is 0.253 e. The van der Waals surface area contributed by atoms with Crippen LogP contribution in [0, 0.1) is 0 Å². The molecule has 0 aliphatic carbocycles. The number of hydrogen-bond acceptors (Lipinski definition) is 3. The van der Waals surface area contributed by atoms with Crippen LogP contribution in [-0.2, 0) is 13.0 Å². The van der Waals surface area contributed by atoms with Crippen molar-refractivity contribution in [1.29, 1.82) is 0 Å². The van der Waals surface area contributed by atoms with Gasteiger partial charge in [0.1, 0.15) is 0 Å². The summed E-state index contributed by atoms with van der Waals surface area (Å²) < 4.78 is 0. The molecule has 1 N–H and O–H groups in total. The molecule has 2 aromatic rings. The Bertz CT molecular complexity index is 928. The van der Waals surface area contributed by atoms with E-state index in [1.807, 2.05) is 25.2 Å². The second-order valence-corrected chi connectivity index (χ2v) is 9.28. The fourth-order valence-electron chi connectivity index (χ4n) is 4.15. The van der Waals surface area contributed by atoms with Crippen LogP contribution in [-0.4, -0.2) is 80.4 Å². The maximum Gasteiger partial charge on any atom is 0.253 e. The molecule has 0 radical (unpaired) electrons. The molecule has 6 nitrogen and oxygen atoms in total. The summed E-state index contributed by atoms with van der Waals surface area (Å²) in [5.41, 5.74) is 4.66. The largest absolute Gasteiger partial charge is 0.356 e. The maximum atomic E-state index is 12.2. The zero-order chi connectivity index (χ0) is 23.8. The van der Waals surface area contributed by atoms with Crippen LogP contribution in [0.4, 0.5) is 0 Å². The van der Waals surface area contributed by atoms with Gasteiger partial charge in [-0.15, -0.1) is 0 Å². The summed E-state index contributed by atoms with van der Waals surface area (Å²) in [5.74, 6) is 1.57. The van der Waals surface area contributed by atoms with Gasteiger partial charge in [-0.2, -0.15) is 0 Å². The third-order valence-electron chi connectivity index (χ3n) is 6.21. The van der Waals surface area contributed by atoms with E-state index in [0.717, 1.165) is 62.8 Å². The zero-order valence-corrected chi connectivity index (χ0v) is 20.8. The first kappa shape index (κ1) is 24.8. The Morgan fingerprint density at radius 1 is 1.03 bits per heavy atom. The Morgan fingerprint density at radius 2 is 1.73 bits per heavy atom. The number of nitrogens with one attached hydrogen (secondary N) is 1.